The second-order valence-corrected chi connectivity index (χ2v) is 5.12. The normalized spacial score (nSPS) is 18.0. The van der Waals surface area contributed by atoms with Gasteiger partial charge in [0.2, 0.25) is 0 Å². The van der Waals surface area contributed by atoms with E-state index in [1.54, 1.807) is 18.3 Å². The molecule has 1 amide bonds. The minimum Gasteiger partial charge on any atom is -0.383 e. The molecular weight excluding hydrogens is 226 g/mol. The summed E-state index contributed by atoms with van der Waals surface area (Å²) in [6, 6.07) is 3.51. The van der Waals surface area contributed by atoms with E-state index in [0.29, 0.717) is 16.8 Å². The van der Waals surface area contributed by atoms with Gasteiger partial charge < -0.3 is 10.6 Å². The summed E-state index contributed by atoms with van der Waals surface area (Å²) < 4.78 is 0. The Morgan fingerprint density at radius 2 is 2.22 bits per heavy atom. The Morgan fingerprint density at radius 1 is 1.50 bits per heavy atom. The Labute approximate surface area is 108 Å². The molecule has 1 fully saturated rings. The van der Waals surface area contributed by atoms with Gasteiger partial charge in [0.1, 0.15) is 5.82 Å². The molecule has 0 spiro atoms. The van der Waals surface area contributed by atoms with Crippen LogP contribution in [0.1, 0.15) is 43.5 Å². The molecule has 0 bridgehead atoms. The number of amides is 1. The predicted molar refractivity (Wildman–Crippen MR) is 72.2 cm³/mol. The van der Waals surface area contributed by atoms with Crippen LogP contribution in [0.25, 0.3) is 0 Å². The third-order valence-electron chi connectivity index (χ3n) is 4.29. The number of anilines is 1. The molecule has 1 aliphatic heterocycles. The van der Waals surface area contributed by atoms with Crippen LogP contribution in [0, 0.1) is 5.41 Å². The first-order valence-electron chi connectivity index (χ1n) is 6.61. The number of nitrogens with two attached hydrogens (primary N) is 1. The largest absolute Gasteiger partial charge is 0.383 e. The van der Waals surface area contributed by atoms with Gasteiger partial charge in [0.25, 0.3) is 5.91 Å². The van der Waals surface area contributed by atoms with Gasteiger partial charge in [0.15, 0.2) is 0 Å². The number of nitrogen functional groups attached to an aromatic ring is 1. The number of likely N-dealkylation sites (tertiary alicyclic amines) is 1. The highest BCUT2D eigenvalue weighted by molar-refractivity contribution is 5.98. The van der Waals surface area contributed by atoms with Crippen molar-refractivity contribution in [1.29, 1.82) is 0 Å². The number of nitrogens with zero attached hydrogens (tertiary/aromatic N) is 2. The van der Waals surface area contributed by atoms with E-state index in [0.717, 1.165) is 32.4 Å². The van der Waals surface area contributed by atoms with Crippen LogP contribution in [0.4, 0.5) is 5.82 Å². The van der Waals surface area contributed by atoms with E-state index in [4.69, 9.17) is 5.73 Å². The first kappa shape index (κ1) is 12.9. The Kier molecular flexibility index (Phi) is 3.55. The van der Waals surface area contributed by atoms with Crippen molar-refractivity contribution < 1.29 is 4.79 Å². The summed E-state index contributed by atoms with van der Waals surface area (Å²) in [6.45, 7) is 6.08. The Hall–Kier alpha value is -1.58. The molecule has 0 atom stereocenters. The van der Waals surface area contributed by atoms with Gasteiger partial charge in [-0.05, 0) is 36.8 Å². The molecule has 18 heavy (non-hydrogen) atoms. The second kappa shape index (κ2) is 4.96. The van der Waals surface area contributed by atoms with Crippen molar-refractivity contribution in [3.05, 3.63) is 23.9 Å². The average molecular weight is 247 g/mol. The van der Waals surface area contributed by atoms with Gasteiger partial charge in [-0.15, -0.1) is 0 Å². The van der Waals surface area contributed by atoms with E-state index >= 15 is 0 Å². The van der Waals surface area contributed by atoms with Crippen LogP contribution >= 0.6 is 0 Å². The van der Waals surface area contributed by atoms with Crippen molar-refractivity contribution in [3.8, 4) is 0 Å². The molecule has 1 aromatic rings. The van der Waals surface area contributed by atoms with Gasteiger partial charge in [-0.25, -0.2) is 4.98 Å². The van der Waals surface area contributed by atoms with Crippen LogP contribution in [-0.2, 0) is 0 Å². The summed E-state index contributed by atoms with van der Waals surface area (Å²) in [6.07, 6.45) is 4.94. The first-order valence-corrected chi connectivity index (χ1v) is 6.61. The highest BCUT2D eigenvalue weighted by atomic mass is 16.2. The molecule has 0 aromatic carbocycles. The lowest BCUT2D eigenvalue weighted by atomic mass is 9.82. The highest BCUT2D eigenvalue weighted by Gasteiger charge is 2.37. The summed E-state index contributed by atoms with van der Waals surface area (Å²) in [4.78, 5) is 18.3. The summed E-state index contributed by atoms with van der Waals surface area (Å²) in [5.41, 5.74) is 6.59. The molecule has 2 heterocycles. The standard InChI is InChI=1S/C14H21N3O/c1-3-14(4-2)7-9-17(10-14)13(18)11-6-5-8-16-12(11)15/h5-6,8H,3-4,7,9-10H2,1-2H3,(H2,15,16). The predicted octanol–water partition coefficient (Wildman–Crippen LogP) is 2.32. The van der Waals surface area contributed by atoms with Crippen molar-refractivity contribution in [3.63, 3.8) is 0 Å². The van der Waals surface area contributed by atoms with Gasteiger partial charge in [0.05, 0.1) is 5.56 Å². The minimum atomic E-state index is 0.0179. The van der Waals surface area contributed by atoms with Gasteiger partial charge in [-0.3, -0.25) is 4.79 Å². The maximum absolute atomic E-state index is 12.4. The Bertz CT molecular complexity index is 440. The monoisotopic (exact) mass is 247 g/mol. The lowest BCUT2D eigenvalue weighted by molar-refractivity contribution is 0.0770. The number of rotatable bonds is 3. The van der Waals surface area contributed by atoms with Gasteiger partial charge in [-0.1, -0.05) is 13.8 Å². The topological polar surface area (TPSA) is 59.2 Å². The van der Waals surface area contributed by atoms with Crippen LogP contribution in [0.5, 0.6) is 0 Å². The van der Waals surface area contributed by atoms with Crippen molar-refractivity contribution in [2.75, 3.05) is 18.8 Å². The fourth-order valence-electron chi connectivity index (χ4n) is 2.70. The summed E-state index contributed by atoms with van der Waals surface area (Å²) in [5, 5.41) is 0. The molecule has 2 rings (SSSR count). The molecule has 1 aliphatic rings. The number of hydrogen-bond acceptors (Lipinski definition) is 3. The number of pyridine rings is 1. The maximum atomic E-state index is 12.4. The third kappa shape index (κ3) is 2.19. The Balaban J connectivity index is 2.15. The number of carbonyl (C=O) groups excluding carboxylic acids is 1. The van der Waals surface area contributed by atoms with Crippen LogP contribution in [0.3, 0.4) is 0 Å². The number of carbonyl (C=O) groups is 1. The van der Waals surface area contributed by atoms with E-state index in [2.05, 4.69) is 18.8 Å². The molecule has 2 N–H and O–H groups in total. The van der Waals surface area contributed by atoms with E-state index in [-0.39, 0.29) is 5.91 Å². The number of aromatic nitrogens is 1. The van der Waals surface area contributed by atoms with E-state index in [9.17, 15) is 4.79 Å². The zero-order valence-electron chi connectivity index (χ0n) is 11.1. The summed E-state index contributed by atoms with van der Waals surface area (Å²) in [7, 11) is 0. The molecule has 4 nitrogen and oxygen atoms in total. The van der Waals surface area contributed by atoms with Crippen LogP contribution in [-0.4, -0.2) is 28.9 Å². The average Bonchev–Trinajstić information content (AvgIpc) is 2.84. The molecule has 0 unspecified atom stereocenters. The van der Waals surface area contributed by atoms with Crippen molar-refractivity contribution in [2.24, 2.45) is 5.41 Å². The molecular formula is C14H21N3O. The van der Waals surface area contributed by atoms with Gasteiger partial charge >= 0.3 is 0 Å². The molecule has 98 valence electrons. The van der Waals surface area contributed by atoms with Crippen molar-refractivity contribution in [2.45, 2.75) is 33.1 Å². The molecule has 1 saturated heterocycles. The molecule has 1 aromatic heterocycles. The van der Waals surface area contributed by atoms with E-state index in [1.165, 1.54) is 0 Å². The van der Waals surface area contributed by atoms with Crippen LogP contribution in [0.15, 0.2) is 18.3 Å². The third-order valence-corrected chi connectivity index (χ3v) is 4.29. The van der Waals surface area contributed by atoms with Gasteiger partial charge in [-0.2, -0.15) is 0 Å². The lowest BCUT2D eigenvalue weighted by Crippen LogP contribution is -2.32. The molecule has 4 heteroatoms. The smallest absolute Gasteiger partial charge is 0.257 e. The Morgan fingerprint density at radius 3 is 2.78 bits per heavy atom. The maximum Gasteiger partial charge on any atom is 0.257 e. The second-order valence-electron chi connectivity index (χ2n) is 5.12. The molecule has 0 aliphatic carbocycles. The fraction of sp³-hybridized carbons (Fsp3) is 0.571. The van der Waals surface area contributed by atoms with Crippen LogP contribution < -0.4 is 5.73 Å². The summed E-state index contributed by atoms with van der Waals surface area (Å²) in [5.74, 6) is 0.345. The summed E-state index contributed by atoms with van der Waals surface area (Å²) >= 11 is 0. The molecule has 0 saturated carbocycles. The zero-order chi connectivity index (χ0) is 13.2. The minimum absolute atomic E-state index is 0.0179. The van der Waals surface area contributed by atoms with Gasteiger partial charge in [0, 0.05) is 19.3 Å². The fourth-order valence-corrected chi connectivity index (χ4v) is 2.70. The highest BCUT2D eigenvalue weighted by Crippen LogP contribution is 2.37. The zero-order valence-corrected chi connectivity index (χ0v) is 11.1. The first-order chi connectivity index (χ1) is 8.62. The quantitative estimate of drug-likeness (QED) is 0.891. The lowest BCUT2D eigenvalue weighted by Gasteiger charge is -2.26. The van der Waals surface area contributed by atoms with E-state index < -0.39 is 0 Å². The van der Waals surface area contributed by atoms with Crippen molar-refractivity contribution >= 4 is 11.7 Å². The van der Waals surface area contributed by atoms with Crippen LogP contribution in [0.2, 0.25) is 0 Å². The SMILES string of the molecule is CCC1(CC)CCN(C(=O)c2cccnc2N)C1. The number of hydrogen-bond donors (Lipinski definition) is 1. The molecule has 0 radical (unpaired) electrons. The van der Waals surface area contributed by atoms with E-state index in [1.807, 2.05) is 4.90 Å². The van der Waals surface area contributed by atoms with Crippen molar-refractivity contribution in [1.82, 2.24) is 9.88 Å².